The van der Waals surface area contributed by atoms with Crippen molar-refractivity contribution in [3.05, 3.63) is 29.3 Å². The van der Waals surface area contributed by atoms with Gasteiger partial charge in [0, 0.05) is 11.4 Å². The first-order valence-electron chi connectivity index (χ1n) is 6.41. The second kappa shape index (κ2) is 8.46. The average molecular weight is 302 g/mol. The van der Waals surface area contributed by atoms with E-state index in [1.54, 1.807) is 0 Å². The first-order chi connectivity index (χ1) is 9.04. The largest absolute Gasteiger partial charge is 0.393 e. The number of carbonyl (C=O) groups excluding carboxylic acids is 1. The van der Waals surface area contributed by atoms with Crippen LogP contribution in [0.1, 0.15) is 26.7 Å². The number of carbonyl (C=O) groups is 1. The highest BCUT2D eigenvalue weighted by atomic mass is 35.5. The van der Waals surface area contributed by atoms with Crippen LogP contribution in [0.2, 0.25) is 5.02 Å². The number of benzene rings is 1. The fourth-order valence-corrected chi connectivity index (χ4v) is 2.67. The summed E-state index contributed by atoms with van der Waals surface area (Å²) in [7, 11) is 0. The third-order valence-electron chi connectivity index (χ3n) is 2.76. The molecule has 2 N–H and O–H groups in total. The van der Waals surface area contributed by atoms with Gasteiger partial charge in [0.15, 0.2) is 0 Å². The summed E-state index contributed by atoms with van der Waals surface area (Å²) in [6.45, 7) is 4.27. The SMILES string of the molecule is CCC(O)CCNC(=O)C(C)Sc1ccccc1Cl. The Morgan fingerprint density at radius 3 is 2.79 bits per heavy atom. The van der Waals surface area contributed by atoms with Crippen molar-refractivity contribution in [1.82, 2.24) is 5.32 Å². The Balaban J connectivity index is 2.39. The smallest absolute Gasteiger partial charge is 0.233 e. The molecule has 2 atom stereocenters. The molecule has 0 aliphatic heterocycles. The van der Waals surface area contributed by atoms with Gasteiger partial charge in [-0.3, -0.25) is 4.79 Å². The third-order valence-corrected chi connectivity index (χ3v) is 4.38. The van der Waals surface area contributed by atoms with E-state index in [0.717, 1.165) is 4.90 Å². The number of hydrogen-bond donors (Lipinski definition) is 2. The lowest BCUT2D eigenvalue weighted by Gasteiger charge is -2.14. The number of halogens is 1. The fourth-order valence-electron chi connectivity index (χ4n) is 1.49. The number of rotatable bonds is 7. The minimum atomic E-state index is -0.341. The Hall–Kier alpha value is -0.710. The van der Waals surface area contributed by atoms with Crippen LogP contribution in [-0.2, 0) is 4.79 Å². The maximum absolute atomic E-state index is 11.9. The normalized spacial score (nSPS) is 13.9. The molecule has 0 saturated carbocycles. The fraction of sp³-hybridized carbons (Fsp3) is 0.500. The zero-order valence-electron chi connectivity index (χ0n) is 11.2. The summed E-state index contributed by atoms with van der Waals surface area (Å²) in [5.74, 6) is -0.0341. The van der Waals surface area contributed by atoms with Gasteiger partial charge in [-0.05, 0) is 31.9 Å². The van der Waals surface area contributed by atoms with Gasteiger partial charge in [0.1, 0.15) is 0 Å². The second-order valence-electron chi connectivity index (χ2n) is 4.33. The Labute approximate surface area is 123 Å². The minimum absolute atomic E-state index is 0.0341. The van der Waals surface area contributed by atoms with Crippen molar-refractivity contribution < 1.29 is 9.90 Å². The number of nitrogens with one attached hydrogen (secondary N) is 1. The Bertz CT molecular complexity index is 414. The van der Waals surface area contributed by atoms with Gasteiger partial charge in [0.25, 0.3) is 0 Å². The molecule has 0 aliphatic carbocycles. The van der Waals surface area contributed by atoms with E-state index in [-0.39, 0.29) is 17.3 Å². The molecule has 0 aromatic heterocycles. The van der Waals surface area contributed by atoms with Gasteiger partial charge in [0.05, 0.1) is 16.4 Å². The molecule has 5 heteroatoms. The van der Waals surface area contributed by atoms with Crippen LogP contribution in [0, 0.1) is 0 Å². The van der Waals surface area contributed by atoms with Gasteiger partial charge in [-0.2, -0.15) is 0 Å². The maximum Gasteiger partial charge on any atom is 0.233 e. The van der Waals surface area contributed by atoms with Crippen molar-refractivity contribution in [2.45, 2.75) is 42.9 Å². The highest BCUT2D eigenvalue weighted by molar-refractivity contribution is 8.00. The molecule has 0 radical (unpaired) electrons. The van der Waals surface area contributed by atoms with Crippen LogP contribution >= 0.6 is 23.4 Å². The Morgan fingerprint density at radius 1 is 1.47 bits per heavy atom. The van der Waals surface area contributed by atoms with Crippen LogP contribution in [0.3, 0.4) is 0 Å². The monoisotopic (exact) mass is 301 g/mol. The summed E-state index contributed by atoms with van der Waals surface area (Å²) in [5, 5.41) is 12.7. The number of hydrogen-bond acceptors (Lipinski definition) is 3. The van der Waals surface area contributed by atoms with Crippen LogP contribution in [0.25, 0.3) is 0 Å². The first-order valence-corrected chi connectivity index (χ1v) is 7.67. The summed E-state index contributed by atoms with van der Waals surface area (Å²) in [6.07, 6.45) is 0.956. The average Bonchev–Trinajstić information content (AvgIpc) is 2.40. The van der Waals surface area contributed by atoms with Gasteiger partial charge in [-0.15, -0.1) is 11.8 Å². The second-order valence-corrected chi connectivity index (χ2v) is 6.12. The molecule has 0 spiro atoms. The number of aliphatic hydroxyl groups is 1. The number of amides is 1. The molecule has 0 saturated heterocycles. The van der Waals surface area contributed by atoms with E-state index in [1.807, 2.05) is 38.1 Å². The maximum atomic E-state index is 11.9. The molecular formula is C14H20ClNO2S. The molecule has 19 heavy (non-hydrogen) atoms. The van der Waals surface area contributed by atoms with Gasteiger partial charge in [0.2, 0.25) is 5.91 Å². The molecule has 1 aromatic carbocycles. The van der Waals surface area contributed by atoms with Crippen LogP contribution in [-0.4, -0.2) is 28.9 Å². The first kappa shape index (κ1) is 16.3. The molecule has 1 aromatic rings. The van der Waals surface area contributed by atoms with Crippen LogP contribution in [0.4, 0.5) is 0 Å². The minimum Gasteiger partial charge on any atom is -0.393 e. The summed E-state index contributed by atoms with van der Waals surface area (Å²) in [4.78, 5) is 12.8. The van der Waals surface area contributed by atoms with Crippen molar-refractivity contribution >= 4 is 29.3 Å². The van der Waals surface area contributed by atoms with Gasteiger partial charge in [-0.25, -0.2) is 0 Å². The number of aliphatic hydroxyl groups excluding tert-OH is 1. The summed E-state index contributed by atoms with van der Waals surface area (Å²) in [6, 6.07) is 7.48. The van der Waals surface area contributed by atoms with Crippen LogP contribution < -0.4 is 5.32 Å². The Kier molecular flexibility index (Phi) is 7.28. The molecule has 3 nitrogen and oxygen atoms in total. The Morgan fingerprint density at radius 2 is 2.16 bits per heavy atom. The predicted molar refractivity (Wildman–Crippen MR) is 80.7 cm³/mol. The van der Waals surface area contributed by atoms with Gasteiger partial charge in [-0.1, -0.05) is 30.7 Å². The van der Waals surface area contributed by atoms with Gasteiger partial charge >= 0.3 is 0 Å². The zero-order chi connectivity index (χ0) is 14.3. The van der Waals surface area contributed by atoms with Crippen molar-refractivity contribution in [2.24, 2.45) is 0 Å². The van der Waals surface area contributed by atoms with Crippen LogP contribution in [0.5, 0.6) is 0 Å². The molecule has 0 heterocycles. The molecule has 1 amide bonds. The molecule has 1 rings (SSSR count). The van der Waals surface area contributed by atoms with Gasteiger partial charge < -0.3 is 10.4 Å². The zero-order valence-corrected chi connectivity index (χ0v) is 12.8. The predicted octanol–water partition coefficient (Wildman–Crippen LogP) is 3.10. The van der Waals surface area contributed by atoms with Crippen molar-refractivity contribution in [3.63, 3.8) is 0 Å². The standard InChI is InChI=1S/C14H20ClNO2S/c1-3-11(17)8-9-16-14(18)10(2)19-13-7-5-4-6-12(13)15/h4-7,10-11,17H,3,8-9H2,1-2H3,(H,16,18). The van der Waals surface area contributed by atoms with E-state index in [0.29, 0.717) is 24.4 Å². The molecule has 0 fully saturated rings. The third kappa shape index (κ3) is 5.85. The van der Waals surface area contributed by atoms with E-state index in [9.17, 15) is 9.90 Å². The summed E-state index contributed by atoms with van der Waals surface area (Å²) in [5.41, 5.74) is 0. The van der Waals surface area contributed by atoms with Crippen LogP contribution in [0.15, 0.2) is 29.2 Å². The topological polar surface area (TPSA) is 49.3 Å². The summed E-state index contributed by atoms with van der Waals surface area (Å²) >= 11 is 7.49. The van der Waals surface area contributed by atoms with E-state index >= 15 is 0 Å². The number of thioether (sulfide) groups is 1. The van der Waals surface area contributed by atoms with Crippen molar-refractivity contribution in [1.29, 1.82) is 0 Å². The van der Waals surface area contributed by atoms with Crippen molar-refractivity contribution in [2.75, 3.05) is 6.54 Å². The molecule has 0 bridgehead atoms. The molecule has 0 aliphatic rings. The lowest BCUT2D eigenvalue weighted by atomic mass is 10.2. The summed E-state index contributed by atoms with van der Waals surface area (Å²) < 4.78 is 0. The highest BCUT2D eigenvalue weighted by Gasteiger charge is 2.15. The van der Waals surface area contributed by atoms with Crippen molar-refractivity contribution in [3.8, 4) is 0 Å². The van der Waals surface area contributed by atoms with E-state index in [2.05, 4.69) is 5.32 Å². The molecular weight excluding hydrogens is 282 g/mol. The van der Waals surface area contributed by atoms with E-state index in [4.69, 9.17) is 11.6 Å². The molecule has 2 unspecified atom stereocenters. The molecule has 106 valence electrons. The quantitative estimate of drug-likeness (QED) is 0.761. The highest BCUT2D eigenvalue weighted by Crippen LogP contribution is 2.29. The van der Waals surface area contributed by atoms with E-state index in [1.165, 1.54) is 11.8 Å². The lowest BCUT2D eigenvalue weighted by molar-refractivity contribution is -0.120. The lowest BCUT2D eigenvalue weighted by Crippen LogP contribution is -2.33. The van der Waals surface area contributed by atoms with E-state index < -0.39 is 0 Å².